The van der Waals surface area contributed by atoms with E-state index in [2.05, 4.69) is 16.8 Å². The maximum absolute atomic E-state index is 13.0. The first-order valence-electron chi connectivity index (χ1n) is 8.10. The molecule has 1 aliphatic rings. The summed E-state index contributed by atoms with van der Waals surface area (Å²) in [5.74, 6) is 0. The maximum atomic E-state index is 13.0. The smallest absolute Gasteiger partial charge is 0.243 e. The Morgan fingerprint density at radius 1 is 1.17 bits per heavy atom. The average molecular weight is 366 g/mol. The highest BCUT2D eigenvalue weighted by Gasteiger charge is 2.31. The molecule has 130 valence electrons. The molecule has 1 saturated heterocycles. The average Bonchev–Trinajstić information content (AvgIpc) is 3.11. The minimum atomic E-state index is -3.42. The molecular weight excluding hydrogens is 342 g/mol. The van der Waals surface area contributed by atoms with Crippen LogP contribution in [0, 0.1) is 13.8 Å². The van der Waals surface area contributed by atoms with Gasteiger partial charge in [-0.15, -0.1) is 11.3 Å². The molecule has 0 aliphatic carbocycles. The summed E-state index contributed by atoms with van der Waals surface area (Å²) in [7, 11) is -3.42. The Balaban J connectivity index is 1.73. The number of aromatic nitrogens is 1. The van der Waals surface area contributed by atoms with Crippen LogP contribution in [0.2, 0.25) is 0 Å². The van der Waals surface area contributed by atoms with Crippen molar-refractivity contribution in [3.8, 4) is 0 Å². The Labute approximate surface area is 148 Å². The van der Waals surface area contributed by atoms with Crippen LogP contribution in [0.5, 0.6) is 0 Å². The van der Waals surface area contributed by atoms with Crippen molar-refractivity contribution in [2.75, 3.05) is 26.2 Å². The Kier molecular flexibility index (Phi) is 5.05. The van der Waals surface area contributed by atoms with Gasteiger partial charge in [0, 0.05) is 37.8 Å². The molecule has 5 nitrogen and oxygen atoms in total. The van der Waals surface area contributed by atoms with E-state index in [1.807, 2.05) is 37.6 Å². The van der Waals surface area contributed by atoms with Gasteiger partial charge < -0.3 is 0 Å². The van der Waals surface area contributed by atoms with Gasteiger partial charge in [-0.3, -0.25) is 4.90 Å². The fourth-order valence-corrected chi connectivity index (χ4v) is 5.51. The lowest BCUT2D eigenvalue weighted by Gasteiger charge is -2.36. The number of thiazole rings is 1. The van der Waals surface area contributed by atoms with Crippen molar-refractivity contribution in [1.29, 1.82) is 0 Å². The molecule has 3 rings (SSSR count). The summed E-state index contributed by atoms with van der Waals surface area (Å²) >= 11 is 1.65. The molecule has 0 radical (unpaired) electrons. The van der Waals surface area contributed by atoms with E-state index in [4.69, 9.17) is 0 Å². The number of nitrogens with zero attached hydrogens (tertiary/aromatic N) is 3. The van der Waals surface area contributed by atoms with E-state index in [9.17, 15) is 8.42 Å². The normalized spacial score (nSPS) is 18.6. The quantitative estimate of drug-likeness (QED) is 0.836. The molecule has 0 bridgehead atoms. The molecule has 0 spiro atoms. The maximum Gasteiger partial charge on any atom is 0.243 e. The Morgan fingerprint density at radius 2 is 1.88 bits per heavy atom. The second kappa shape index (κ2) is 6.92. The van der Waals surface area contributed by atoms with E-state index in [0.717, 1.165) is 29.2 Å². The summed E-state index contributed by atoms with van der Waals surface area (Å²) in [5.41, 5.74) is 1.77. The minimum Gasteiger partial charge on any atom is -0.292 e. The number of benzene rings is 1. The van der Waals surface area contributed by atoms with Crippen molar-refractivity contribution < 1.29 is 8.42 Å². The molecule has 1 atom stereocenters. The molecule has 2 heterocycles. The molecule has 1 aliphatic heterocycles. The van der Waals surface area contributed by atoms with Gasteiger partial charge in [-0.05, 0) is 38.0 Å². The fourth-order valence-electron chi connectivity index (χ4n) is 3.05. The Morgan fingerprint density at radius 3 is 2.50 bits per heavy atom. The van der Waals surface area contributed by atoms with Crippen LogP contribution in [0.15, 0.2) is 34.7 Å². The van der Waals surface area contributed by atoms with E-state index in [0.29, 0.717) is 18.0 Å². The van der Waals surface area contributed by atoms with Gasteiger partial charge in [0.25, 0.3) is 0 Å². The van der Waals surface area contributed by atoms with E-state index in [-0.39, 0.29) is 6.04 Å². The van der Waals surface area contributed by atoms with E-state index in [1.165, 1.54) is 0 Å². The predicted molar refractivity (Wildman–Crippen MR) is 96.8 cm³/mol. The summed E-state index contributed by atoms with van der Waals surface area (Å²) in [6, 6.07) is 5.83. The van der Waals surface area contributed by atoms with Gasteiger partial charge in [-0.25, -0.2) is 13.4 Å². The lowest BCUT2D eigenvalue weighted by Crippen LogP contribution is -2.49. The van der Waals surface area contributed by atoms with Crippen molar-refractivity contribution in [2.45, 2.75) is 31.7 Å². The summed E-state index contributed by atoms with van der Waals surface area (Å²) < 4.78 is 27.5. The third kappa shape index (κ3) is 3.39. The van der Waals surface area contributed by atoms with Crippen LogP contribution < -0.4 is 0 Å². The van der Waals surface area contributed by atoms with Crippen LogP contribution >= 0.6 is 11.3 Å². The zero-order valence-corrected chi connectivity index (χ0v) is 15.9. The Hall–Kier alpha value is -1.28. The van der Waals surface area contributed by atoms with Crippen molar-refractivity contribution in [2.24, 2.45) is 0 Å². The number of sulfonamides is 1. The molecule has 1 aromatic carbocycles. The number of piperazine rings is 1. The number of hydrogen-bond donors (Lipinski definition) is 0. The standard InChI is InChI=1S/C17H23N3O2S2/c1-13-4-5-14(2)16(12-13)24(21,22)20-9-7-19(8-10-20)15(3)17-18-6-11-23-17/h4-6,11-12,15H,7-10H2,1-3H3. The molecule has 2 aromatic rings. The van der Waals surface area contributed by atoms with Crippen molar-refractivity contribution >= 4 is 21.4 Å². The predicted octanol–water partition coefficient (Wildman–Crippen LogP) is 2.83. The molecule has 0 saturated carbocycles. The van der Waals surface area contributed by atoms with E-state index < -0.39 is 10.0 Å². The molecule has 1 fully saturated rings. The monoisotopic (exact) mass is 365 g/mol. The second-order valence-corrected chi connectivity index (χ2v) is 9.09. The minimum absolute atomic E-state index is 0.232. The van der Waals surface area contributed by atoms with Crippen LogP contribution in [0.4, 0.5) is 0 Å². The zero-order chi connectivity index (χ0) is 17.3. The van der Waals surface area contributed by atoms with Crippen molar-refractivity contribution in [1.82, 2.24) is 14.2 Å². The molecule has 7 heteroatoms. The number of hydrogen-bond acceptors (Lipinski definition) is 5. The largest absolute Gasteiger partial charge is 0.292 e. The summed E-state index contributed by atoms with van der Waals surface area (Å²) in [4.78, 5) is 7.11. The summed E-state index contributed by atoms with van der Waals surface area (Å²) in [6.45, 7) is 8.40. The van der Waals surface area contributed by atoms with E-state index in [1.54, 1.807) is 21.7 Å². The fraction of sp³-hybridized carbons (Fsp3) is 0.471. The van der Waals surface area contributed by atoms with Crippen molar-refractivity contribution in [3.63, 3.8) is 0 Å². The van der Waals surface area contributed by atoms with Gasteiger partial charge in [0.2, 0.25) is 10.0 Å². The number of rotatable bonds is 4. The molecule has 24 heavy (non-hydrogen) atoms. The Bertz CT molecular complexity index is 795. The van der Waals surface area contributed by atoms with Crippen LogP contribution in [-0.2, 0) is 10.0 Å². The second-order valence-electron chi connectivity index (χ2n) is 6.26. The highest BCUT2D eigenvalue weighted by Crippen LogP contribution is 2.26. The first kappa shape index (κ1) is 17.5. The molecule has 1 aromatic heterocycles. The van der Waals surface area contributed by atoms with Gasteiger partial charge in [-0.2, -0.15) is 4.31 Å². The lowest BCUT2D eigenvalue weighted by molar-refractivity contribution is 0.145. The SMILES string of the molecule is Cc1ccc(C)c(S(=O)(=O)N2CCN(C(C)c3nccs3)CC2)c1. The summed E-state index contributed by atoms with van der Waals surface area (Å²) in [5, 5.41) is 3.06. The van der Waals surface area contributed by atoms with Gasteiger partial charge >= 0.3 is 0 Å². The topological polar surface area (TPSA) is 53.5 Å². The molecular formula is C17H23N3O2S2. The van der Waals surface area contributed by atoms with Crippen molar-refractivity contribution in [3.05, 3.63) is 45.9 Å². The van der Waals surface area contributed by atoms with Gasteiger partial charge in [-0.1, -0.05) is 12.1 Å². The molecule has 1 unspecified atom stereocenters. The van der Waals surface area contributed by atoms with Gasteiger partial charge in [0.1, 0.15) is 5.01 Å². The zero-order valence-electron chi connectivity index (χ0n) is 14.3. The third-order valence-corrected chi connectivity index (χ3v) is 7.58. The van der Waals surface area contributed by atoms with Crippen LogP contribution in [0.25, 0.3) is 0 Å². The van der Waals surface area contributed by atoms with E-state index >= 15 is 0 Å². The van der Waals surface area contributed by atoms with Gasteiger partial charge in [0.05, 0.1) is 10.9 Å². The molecule has 0 amide bonds. The lowest BCUT2D eigenvalue weighted by atomic mass is 10.2. The molecule has 0 N–H and O–H groups in total. The third-order valence-electron chi connectivity index (χ3n) is 4.59. The van der Waals surface area contributed by atoms with Crippen LogP contribution in [-0.4, -0.2) is 48.8 Å². The number of aryl methyl sites for hydroxylation is 2. The first-order chi connectivity index (χ1) is 11.4. The highest BCUT2D eigenvalue weighted by atomic mass is 32.2. The summed E-state index contributed by atoms with van der Waals surface area (Å²) in [6.07, 6.45) is 1.82. The first-order valence-corrected chi connectivity index (χ1v) is 10.4. The van der Waals surface area contributed by atoms with Gasteiger partial charge in [0.15, 0.2) is 0 Å². The highest BCUT2D eigenvalue weighted by molar-refractivity contribution is 7.89. The van der Waals surface area contributed by atoms with Crippen LogP contribution in [0.3, 0.4) is 0 Å². The van der Waals surface area contributed by atoms with Crippen LogP contribution in [0.1, 0.15) is 29.1 Å².